The lowest BCUT2D eigenvalue weighted by molar-refractivity contribution is -0.113. The predicted octanol–water partition coefficient (Wildman–Crippen LogP) is 4.01. The zero-order chi connectivity index (χ0) is 12.3. The first kappa shape index (κ1) is 12.7. The SMILES string of the molecule is CC(=O)C(=C(C)c1ccc(C)cc1)C(C)C. The highest BCUT2D eigenvalue weighted by molar-refractivity contribution is 6.01. The van der Waals surface area contributed by atoms with Gasteiger partial charge in [-0.25, -0.2) is 0 Å². The van der Waals surface area contributed by atoms with Gasteiger partial charge < -0.3 is 0 Å². The molecule has 0 N–H and O–H groups in total. The number of carbonyl (C=O) groups is 1. The topological polar surface area (TPSA) is 17.1 Å². The number of hydrogen-bond acceptors (Lipinski definition) is 1. The molecule has 0 aliphatic heterocycles. The Morgan fingerprint density at radius 3 is 1.94 bits per heavy atom. The zero-order valence-corrected chi connectivity index (χ0v) is 10.8. The molecule has 0 heterocycles. The van der Waals surface area contributed by atoms with Gasteiger partial charge in [0.15, 0.2) is 5.78 Å². The van der Waals surface area contributed by atoms with E-state index >= 15 is 0 Å². The normalized spacial score (nSPS) is 12.6. The molecule has 0 aliphatic carbocycles. The first-order valence-electron chi connectivity index (χ1n) is 5.72. The maximum atomic E-state index is 11.6. The summed E-state index contributed by atoms with van der Waals surface area (Å²) in [7, 11) is 0. The summed E-state index contributed by atoms with van der Waals surface area (Å²) in [5.74, 6) is 0.451. The van der Waals surface area contributed by atoms with E-state index in [4.69, 9.17) is 0 Å². The maximum absolute atomic E-state index is 11.6. The van der Waals surface area contributed by atoms with Gasteiger partial charge in [0, 0.05) is 5.57 Å². The van der Waals surface area contributed by atoms with E-state index in [0.29, 0.717) is 0 Å². The average Bonchev–Trinajstić information content (AvgIpc) is 2.17. The van der Waals surface area contributed by atoms with E-state index in [-0.39, 0.29) is 11.7 Å². The smallest absolute Gasteiger partial charge is 0.156 e. The number of rotatable bonds is 3. The van der Waals surface area contributed by atoms with Gasteiger partial charge in [0.1, 0.15) is 0 Å². The van der Waals surface area contributed by atoms with Crippen molar-refractivity contribution in [3.63, 3.8) is 0 Å². The van der Waals surface area contributed by atoms with Crippen molar-refractivity contribution in [3.05, 3.63) is 41.0 Å². The van der Waals surface area contributed by atoms with Gasteiger partial charge in [-0.1, -0.05) is 43.7 Å². The van der Waals surface area contributed by atoms with Crippen molar-refractivity contribution >= 4 is 11.4 Å². The molecule has 0 saturated carbocycles. The molecule has 86 valence electrons. The molecule has 1 nitrogen and oxygen atoms in total. The number of Topliss-reactive ketones (excluding diaryl/α,β-unsaturated/α-hetero) is 1. The van der Waals surface area contributed by atoms with Crippen LogP contribution in [0.4, 0.5) is 0 Å². The predicted molar refractivity (Wildman–Crippen MR) is 69.3 cm³/mol. The van der Waals surface area contributed by atoms with Crippen LogP contribution in [0.5, 0.6) is 0 Å². The van der Waals surface area contributed by atoms with Gasteiger partial charge in [-0.15, -0.1) is 0 Å². The summed E-state index contributed by atoms with van der Waals surface area (Å²) in [5.41, 5.74) is 4.42. The van der Waals surface area contributed by atoms with Crippen LogP contribution >= 0.6 is 0 Å². The highest BCUT2D eigenvalue weighted by Crippen LogP contribution is 2.24. The van der Waals surface area contributed by atoms with Crippen LogP contribution in [0, 0.1) is 12.8 Å². The minimum absolute atomic E-state index is 0.174. The Balaban J connectivity index is 3.24. The molecule has 0 spiro atoms. The van der Waals surface area contributed by atoms with Crippen LogP contribution in [0.2, 0.25) is 0 Å². The minimum Gasteiger partial charge on any atom is -0.295 e. The summed E-state index contributed by atoms with van der Waals surface area (Å²) in [6.45, 7) is 9.87. The van der Waals surface area contributed by atoms with Crippen LogP contribution in [0.25, 0.3) is 5.57 Å². The monoisotopic (exact) mass is 216 g/mol. The van der Waals surface area contributed by atoms with E-state index in [1.165, 1.54) is 5.56 Å². The third-order valence-corrected chi connectivity index (χ3v) is 2.85. The molecule has 0 radical (unpaired) electrons. The summed E-state index contributed by atoms with van der Waals surface area (Å²) >= 11 is 0. The van der Waals surface area contributed by atoms with Crippen LogP contribution in [-0.4, -0.2) is 5.78 Å². The quantitative estimate of drug-likeness (QED) is 0.698. The Morgan fingerprint density at radius 1 is 1.06 bits per heavy atom. The molecule has 0 atom stereocenters. The largest absolute Gasteiger partial charge is 0.295 e. The van der Waals surface area contributed by atoms with Gasteiger partial charge in [0.05, 0.1) is 0 Å². The lowest BCUT2D eigenvalue weighted by Crippen LogP contribution is -2.06. The van der Waals surface area contributed by atoms with Crippen LogP contribution in [0.1, 0.15) is 38.8 Å². The molecule has 0 aromatic heterocycles. The number of hydrogen-bond donors (Lipinski definition) is 0. The summed E-state index contributed by atoms with van der Waals surface area (Å²) in [6.07, 6.45) is 0. The molecule has 0 saturated heterocycles. The Labute approximate surface area is 98.2 Å². The van der Waals surface area contributed by atoms with Crippen molar-refractivity contribution in [2.45, 2.75) is 34.6 Å². The van der Waals surface area contributed by atoms with E-state index in [9.17, 15) is 4.79 Å². The van der Waals surface area contributed by atoms with E-state index < -0.39 is 0 Å². The average molecular weight is 216 g/mol. The Bertz CT molecular complexity index is 408. The van der Waals surface area contributed by atoms with Gasteiger partial charge >= 0.3 is 0 Å². The van der Waals surface area contributed by atoms with Crippen LogP contribution in [0.3, 0.4) is 0 Å². The molecule has 1 heteroatoms. The molecule has 0 aliphatic rings. The molecule has 1 rings (SSSR count). The van der Waals surface area contributed by atoms with Crippen LogP contribution < -0.4 is 0 Å². The lowest BCUT2D eigenvalue weighted by atomic mass is 9.91. The summed E-state index contributed by atoms with van der Waals surface area (Å²) in [5, 5.41) is 0. The van der Waals surface area contributed by atoms with Gasteiger partial charge in [-0.3, -0.25) is 4.79 Å². The summed E-state index contributed by atoms with van der Waals surface area (Å²) < 4.78 is 0. The standard InChI is InChI=1S/C15H20O/c1-10(2)15(13(5)16)12(4)14-8-6-11(3)7-9-14/h6-10H,1-5H3. The van der Waals surface area contributed by atoms with E-state index in [0.717, 1.165) is 16.7 Å². The van der Waals surface area contributed by atoms with Crippen LogP contribution in [-0.2, 0) is 4.79 Å². The first-order chi connectivity index (χ1) is 7.43. The third-order valence-electron chi connectivity index (χ3n) is 2.85. The second kappa shape index (κ2) is 5.11. The first-order valence-corrected chi connectivity index (χ1v) is 5.72. The second-order valence-corrected chi connectivity index (χ2v) is 4.62. The Hall–Kier alpha value is -1.37. The fourth-order valence-electron chi connectivity index (χ4n) is 2.06. The van der Waals surface area contributed by atoms with E-state index in [2.05, 4.69) is 45.0 Å². The maximum Gasteiger partial charge on any atom is 0.156 e. The van der Waals surface area contributed by atoms with Gasteiger partial charge in [-0.2, -0.15) is 0 Å². The fourth-order valence-corrected chi connectivity index (χ4v) is 2.06. The van der Waals surface area contributed by atoms with Crippen molar-refractivity contribution in [2.75, 3.05) is 0 Å². The molecular weight excluding hydrogens is 196 g/mol. The lowest BCUT2D eigenvalue weighted by Gasteiger charge is -2.13. The molecule has 0 amide bonds. The van der Waals surface area contributed by atoms with Crippen molar-refractivity contribution in [2.24, 2.45) is 5.92 Å². The molecule has 16 heavy (non-hydrogen) atoms. The summed E-state index contributed by atoms with van der Waals surface area (Å²) in [4.78, 5) is 11.6. The fraction of sp³-hybridized carbons (Fsp3) is 0.400. The highest BCUT2D eigenvalue weighted by atomic mass is 16.1. The van der Waals surface area contributed by atoms with Crippen molar-refractivity contribution in [3.8, 4) is 0 Å². The van der Waals surface area contributed by atoms with Crippen LogP contribution in [0.15, 0.2) is 29.8 Å². The Kier molecular flexibility index (Phi) is 4.05. The van der Waals surface area contributed by atoms with E-state index in [1.54, 1.807) is 6.92 Å². The number of benzene rings is 1. The molecule has 0 bridgehead atoms. The Morgan fingerprint density at radius 2 is 1.56 bits per heavy atom. The molecule has 1 aromatic rings. The molecule has 1 aromatic carbocycles. The van der Waals surface area contributed by atoms with Crippen molar-refractivity contribution in [1.82, 2.24) is 0 Å². The number of carbonyl (C=O) groups excluding carboxylic acids is 1. The van der Waals surface area contributed by atoms with Gasteiger partial charge in [-0.05, 0) is 37.8 Å². The highest BCUT2D eigenvalue weighted by Gasteiger charge is 2.13. The van der Waals surface area contributed by atoms with Crippen molar-refractivity contribution in [1.29, 1.82) is 0 Å². The number of aryl methyl sites for hydroxylation is 1. The third kappa shape index (κ3) is 2.82. The zero-order valence-electron chi connectivity index (χ0n) is 10.8. The molecule has 0 fully saturated rings. The summed E-state index contributed by atoms with van der Waals surface area (Å²) in [6, 6.07) is 8.32. The molecule has 0 unspecified atom stereocenters. The molecular formula is C15H20O. The number of ketones is 1. The minimum atomic E-state index is 0.174. The van der Waals surface area contributed by atoms with E-state index in [1.807, 2.05) is 6.92 Å². The van der Waals surface area contributed by atoms with Gasteiger partial charge in [0.25, 0.3) is 0 Å². The number of allylic oxidation sites excluding steroid dienone is 2. The second-order valence-electron chi connectivity index (χ2n) is 4.62. The van der Waals surface area contributed by atoms with Crippen molar-refractivity contribution < 1.29 is 4.79 Å². The van der Waals surface area contributed by atoms with Gasteiger partial charge in [0.2, 0.25) is 0 Å².